The zero-order valence-electron chi connectivity index (χ0n) is 11.5. The van der Waals surface area contributed by atoms with Crippen molar-refractivity contribution in [2.75, 3.05) is 32.8 Å². The Kier molecular flexibility index (Phi) is 5.26. The molecule has 1 unspecified atom stereocenters. The summed E-state index contributed by atoms with van der Waals surface area (Å²) in [5.41, 5.74) is 0. The summed E-state index contributed by atoms with van der Waals surface area (Å²) in [6.07, 6.45) is 5.37. The zero-order valence-corrected chi connectivity index (χ0v) is 11.5. The summed E-state index contributed by atoms with van der Waals surface area (Å²) in [7, 11) is 0. The molecule has 0 aromatic heterocycles. The minimum atomic E-state index is 0.712. The maximum Gasteiger partial charge on any atom is 0.0591 e. The molecule has 1 N–H and O–H groups in total. The molecule has 0 bridgehead atoms. The van der Waals surface area contributed by atoms with E-state index in [1.54, 1.807) is 0 Å². The molecule has 1 atom stereocenters. The fourth-order valence-corrected chi connectivity index (χ4v) is 2.48. The number of hydrogen-bond donors (Lipinski definition) is 1. The average molecular weight is 240 g/mol. The van der Waals surface area contributed by atoms with Gasteiger partial charge in [-0.25, -0.2) is 0 Å². The predicted octanol–water partition coefficient (Wildman–Crippen LogP) is 1.88. The molecule has 1 saturated heterocycles. The highest BCUT2D eigenvalue weighted by atomic mass is 16.5. The van der Waals surface area contributed by atoms with Crippen LogP contribution in [0.25, 0.3) is 0 Å². The van der Waals surface area contributed by atoms with E-state index in [1.165, 1.54) is 38.8 Å². The van der Waals surface area contributed by atoms with Gasteiger partial charge in [-0.15, -0.1) is 0 Å². The van der Waals surface area contributed by atoms with Crippen molar-refractivity contribution in [1.82, 2.24) is 10.2 Å². The molecule has 0 radical (unpaired) electrons. The molecule has 1 aliphatic heterocycles. The first-order valence-corrected chi connectivity index (χ1v) is 7.31. The summed E-state index contributed by atoms with van der Waals surface area (Å²) in [6.45, 7) is 9.85. The van der Waals surface area contributed by atoms with Crippen molar-refractivity contribution in [3.05, 3.63) is 0 Å². The first kappa shape index (κ1) is 13.3. The molecule has 2 rings (SSSR count). The normalized spacial score (nSPS) is 25.9. The maximum absolute atomic E-state index is 5.61. The lowest BCUT2D eigenvalue weighted by molar-refractivity contribution is 0.123. The lowest BCUT2D eigenvalue weighted by atomic mass is 10.1. The quantitative estimate of drug-likeness (QED) is 0.656. The van der Waals surface area contributed by atoms with Crippen molar-refractivity contribution in [2.45, 2.75) is 51.6 Å². The molecule has 3 nitrogen and oxygen atoms in total. The van der Waals surface area contributed by atoms with Gasteiger partial charge in [0, 0.05) is 38.3 Å². The minimum absolute atomic E-state index is 0.712. The van der Waals surface area contributed by atoms with E-state index in [-0.39, 0.29) is 0 Å². The topological polar surface area (TPSA) is 24.5 Å². The van der Waals surface area contributed by atoms with Crippen LogP contribution in [0, 0.1) is 5.92 Å². The van der Waals surface area contributed by atoms with Crippen molar-refractivity contribution >= 4 is 0 Å². The van der Waals surface area contributed by atoms with E-state index < -0.39 is 0 Å². The van der Waals surface area contributed by atoms with Gasteiger partial charge in [0.2, 0.25) is 0 Å². The van der Waals surface area contributed by atoms with Crippen molar-refractivity contribution in [3.63, 3.8) is 0 Å². The lowest BCUT2D eigenvalue weighted by Crippen LogP contribution is -2.35. The summed E-state index contributed by atoms with van der Waals surface area (Å²) < 4.78 is 5.61. The smallest absolute Gasteiger partial charge is 0.0591 e. The number of nitrogens with one attached hydrogen (secondary N) is 1. The Morgan fingerprint density at radius 1 is 1.24 bits per heavy atom. The van der Waals surface area contributed by atoms with E-state index in [1.807, 2.05) is 0 Å². The largest absolute Gasteiger partial charge is 0.380 e. The second kappa shape index (κ2) is 6.72. The number of hydrogen-bond acceptors (Lipinski definition) is 3. The summed E-state index contributed by atoms with van der Waals surface area (Å²) in [5.74, 6) is 0.755. The predicted molar refractivity (Wildman–Crippen MR) is 71.3 cm³/mol. The van der Waals surface area contributed by atoms with E-state index in [4.69, 9.17) is 4.74 Å². The molecule has 0 spiro atoms. The molecule has 0 aromatic carbocycles. The maximum atomic E-state index is 5.61. The molecule has 3 heteroatoms. The van der Waals surface area contributed by atoms with Crippen molar-refractivity contribution in [3.8, 4) is 0 Å². The van der Waals surface area contributed by atoms with E-state index >= 15 is 0 Å². The van der Waals surface area contributed by atoms with Crippen LogP contribution in [0.15, 0.2) is 0 Å². The van der Waals surface area contributed by atoms with E-state index in [0.717, 1.165) is 31.7 Å². The lowest BCUT2D eigenvalue weighted by Gasteiger charge is -2.15. The highest BCUT2D eigenvalue weighted by Crippen LogP contribution is 2.29. The molecule has 100 valence electrons. The molecule has 2 aliphatic rings. The second-order valence-corrected chi connectivity index (χ2v) is 5.96. The van der Waals surface area contributed by atoms with Crippen LogP contribution in [0.3, 0.4) is 0 Å². The Labute approximate surface area is 106 Å². The monoisotopic (exact) mass is 240 g/mol. The molecule has 0 aromatic rings. The molecule has 2 fully saturated rings. The fourth-order valence-electron chi connectivity index (χ4n) is 2.48. The van der Waals surface area contributed by atoms with Crippen molar-refractivity contribution in [2.24, 2.45) is 5.92 Å². The van der Waals surface area contributed by atoms with Gasteiger partial charge >= 0.3 is 0 Å². The molecule has 1 aliphatic carbocycles. The van der Waals surface area contributed by atoms with Gasteiger partial charge in [0.25, 0.3) is 0 Å². The minimum Gasteiger partial charge on any atom is -0.380 e. The van der Waals surface area contributed by atoms with E-state index in [2.05, 4.69) is 24.1 Å². The zero-order chi connectivity index (χ0) is 12.1. The van der Waals surface area contributed by atoms with Crippen LogP contribution in [-0.2, 0) is 4.74 Å². The highest BCUT2D eigenvalue weighted by molar-refractivity contribution is 4.91. The first-order valence-electron chi connectivity index (χ1n) is 7.31. The van der Waals surface area contributed by atoms with Gasteiger partial charge in [-0.3, -0.25) is 4.90 Å². The van der Waals surface area contributed by atoms with Crippen molar-refractivity contribution < 1.29 is 4.74 Å². The molecular weight excluding hydrogens is 212 g/mol. The highest BCUT2D eigenvalue weighted by Gasteiger charge is 2.33. The van der Waals surface area contributed by atoms with Gasteiger partial charge in [0.15, 0.2) is 0 Å². The number of rotatable bonds is 8. The standard InChI is InChI=1S/C14H28N2O/c1-12(2)6-9-17-10-7-15-13-5-8-16(11-13)14-3-4-14/h12-15H,3-11H2,1-2H3. The van der Waals surface area contributed by atoms with Crippen LogP contribution in [0.5, 0.6) is 0 Å². The second-order valence-electron chi connectivity index (χ2n) is 5.96. The van der Waals surface area contributed by atoms with Gasteiger partial charge in [-0.2, -0.15) is 0 Å². The van der Waals surface area contributed by atoms with Gasteiger partial charge in [-0.05, 0) is 31.6 Å². The fraction of sp³-hybridized carbons (Fsp3) is 1.00. The Balaban J connectivity index is 1.43. The number of ether oxygens (including phenoxy) is 1. The van der Waals surface area contributed by atoms with Gasteiger partial charge in [0.1, 0.15) is 0 Å². The molecule has 1 heterocycles. The van der Waals surface area contributed by atoms with Gasteiger partial charge in [0.05, 0.1) is 6.61 Å². The third kappa shape index (κ3) is 4.94. The van der Waals surface area contributed by atoms with Gasteiger partial charge < -0.3 is 10.1 Å². The molecule has 17 heavy (non-hydrogen) atoms. The number of likely N-dealkylation sites (tertiary alicyclic amines) is 1. The Morgan fingerprint density at radius 2 is 2.06 bits per heavy atom. The van der Waals surface area contributed by atoms with Crippen LogP contribution < -0.4 is 5.32 Å². The Hall–Kier alpha value is -0.120. The van der Waals surface area contributed by atoms with Crippen LogP contribution in [0.2, 0.25) is 0 Å². The van der Waals surface area contributed by atoms with E-state index in [0.29, 0.717) is 6.04 Å². The Morgan fingerprint density at radius 3 is 2.76 bits per heavy atom. The summed E-state index contributed by atoms with van der Waals surface area (Å²) in [6, 6.07) is 1.65. The third-order valence-corrected chi connectivity index (χ3v) is 3.80. The third-order valence-electron chi connectivity index (χ3n) is 3.80. The first-order chi connectivity index (χ1) is 8.25. The summed E-state index contributed by atoms with van der Waals surface area (Å²) in [4.78, 5) is 2.65. The van der Waals surface area contributed by atoms with Gasteiger partial charge in [-0.1, -0.05) is 13.8 Å². The SMILES string of the molecule is CC(C)CCOCCNC1CCN(C2CC2)C1. The molecule has 1 saturated carbocycles. The Bertz CT molecular complexity index is 216. The van der Waals surface area contributed by atoms with Crippen LogP contribution >= 0.6 is 0 Å². The summed E-state index contributed by atoms with van der Waals surface area (Å²) in [5, 5.41) is 3.62. The van der Waals surface area contributed by atoms with Crippen molar-refractivity contribution in [1.29, 1.82) is 0 Å². The number of nitrogens with zero attached hydrogens (tertiary/aromatic N) is 1. The van der Waals surface area contributed by atoms with Crippen LogP contribution in [0.4, 0.5) is 0 Å². The molecular formula is C14H28N2O. The summed E-state index contributed by atoms with van der Waals surface area (Å²) >= 11 is 0. The average Bonchev–Trinajstić information content (AvgIpc) is 3.04. The van der Waals surface area contributed by atoms with Crippen LogP contribution in [-0.4, -0.2) is 49.8 Å². The van der Waals surface area contributed by atoms with E-state index in [9.17, 15) is 0 Å². The van der Waals surface area contributed by atoms with Crippen LogP contribution in [0.1, 0.15) is 39.5 Å². The molecule has 0 amide bonds.